The molecule has 0 aliphatic carbocycles. The number of methoxy groups -OCH3 is 1. The van der Waals surface area contributed by atoms with E-state index in [9.17, 15) is 9.18 Å². The van der Waals surface area contributed by atoms with Gasteiger partial charge in [0, 0.05) is 5.56 Å². The van der Waals surface area contributed by atoms with Gasteiger partial charge in [-0.3, -0.25) is 0 Å². The highest BCUT2D eigenvalue weighted by atomic mass is 32.1. The van der Waals surface area contributed by atoms with E-state index < -0.39 is 11.8 Å². The van der Waals surface area contributed by atoms with Gasteiger partial charge in [0.05, 0.1) is 12.8 Å². The third-order valence-electron chi connectivity index (χ3n) is 2.38. The first-order valence-electron chi connectivity index (χ1n) is 4.92. The van der Waals surface area contributed by atoms with Crippen molar-refractivity contribution in [1.29, 1.82) is 0 Å². The number of hydrogen-bond acceptors (Lipinski definition) is 3. The molecule has 0 radical (unpaired) electrons. The van der Waals surface area contributed by atoms with Crippen LogP contribution in [0, 0.1) is 10.6 Å². The largest absolute Gasteiger partial charge is 0.494 e. The molecule has 0 saturated heterocycles. The number of nitrogens with one attached hydrogen (secondary N) is 2. The van der Waals surface area contributed by atoms with Gasteiger partial charge in [-0.25, -0.2) is 9.18 Å². The molecule has 0 unspecified atom stereocenters. The molecule has 5 nitrogen and oxygen atoms in total. The van der Waals surface area contributed by atoms with E-state index in [4.69, 9.17) is 22.1 Å². The molecule has 7 heteroatoms. The summed E-state index contributed by atoms with van der Waals surface area (Å²) in [4.78, 5) is 16.2. The smallest absolute Gasteiger partial charge is 0.354 e. The van der Waals surface area contributed by atoms with E-state index in [-0.39, 0.29) is 21.9 Å². The number of ether oxygens (including phenoxy) is 1. The lowest BCUT2D eigenvalue weighted by Gasteiger charge is -2.04. The van der Waals surface area contributed by atoms with Crippen LogP contribution in [0.15, 0.2) is 18.2 Å². The van der Waals surface area contributed by atoms with Gasteiger partial charge in [0.25, 0.3) is 0 Å². The second-order valence-electron chi connectivity index (χ2n) is 3.48. The highest BCUT2D eigenvalue weighted by molar-refractivity contribution is 7.71. The van der Waals surface area contributed by atoms with Crippen LogP contribution >= 0.6 is 12.2 Å². The van der Waals surface area contributed by atoms with Crippen LogP contribution in [0.1, 0.15) is 10.5 Å². The number of benzene rings is 1. The number of hydrogen-bond donors (Lipinski definition) is 3. The minimum absolute atomic E-state index is 0.0877. The van der Waals surface area contributed by atoms with Gasteiger partial charge in [0.15, 0.2) is 22.0 Å². The molecule has 1 aromatic carbocycles. The number of H-pyrrole nitrogens is 2. The number of carboxylic acid groups (broad SMARTS) is 1. The zero-order valence-corrected chi connectivity index (χ0v) is 10.1. The maximum atomic E-state index is 13.6. The Balaban J connectivity index is 2.58. The van der Waals surface area contributed by atoms with Crippen LogP contribution in [0.25, 0.3) is 11.3 Å². The molecule has 1 aromatic heterocycles. The number of rotatable bonds is 3. The Morgan fingerprint density at radius 1 is 1.44 bits per heavy atom. The molecule has 0 atom stereocenters. The van der Waals surface area contributed by atoms with E-state index in [1.54, 1.807) is 6.07 Å². The van der Waals surface area contributed by atoms with Gasteiger partial charge in [0.2, 0.25) is 0 Å². The molecule has 94 valence electrons. The van der Waals surface area contributed by atoms with Crippen LogP contribution in [0.5, 0.6) is 5.75 Å². The summed E-state index contributed by atoms with van der Waals surface area (Å²) in [6, 6.07) is 4.14. The van der Waals surface area contributed by atoms with Crippen LogP contribution < -0.4 is 4.74 Å². The second kappa shape index (κ2) is 4.61. The molecule has 2 aromatic rings. The van der Waals surface area contributed by atoms with E-state index in [0.717, 1.165) is 0 Å². The van der Waals surface area contributed by atoms with Crippen molar-refractivity contribution in [3.05, 3.63) is 34.5 Å². The molecule has 0 amide bonds. The maximum absolute atomic E-state index is 13.6. The molecule has 0 aliphatic rings. The predicted octanol–water partition coefficient (Wildman–Crippen LogP) is 2.59. The lowest BCUT2D eigenvalue weighted by atomic mass is 10.1. The number of imidazole rings is 1. The van der Waals surface area contributed by atoms with Gasteiger partial charge in [-0.2, -0.15) is 0 Å². The molecular weight excluding hydrogens is 259 g/mol. The summed E-state index contributed by atoms with van der Waals surface area (Å²) in [6.45, 7) is 0. The second-order valence-corrected chi connectivity index (χ2v) is 3.89. The van der Waals surface area contributed by atoms with Crippen molar-refractivity contribution in [2.45, 2.75) is 0 Å². The highest BCUT2D eigenvalue weighted by Gasteiger charge is 2.16. The summed E-state index contributed by atoms with van der Waals surface area (Å²) in [5.74, 6) is -1.66. The van der Waals surface area contributed by atoms with Gasteiger partial charge in [0.1, 0.15) is 0 Å². The lowest BCUT2D eigenvalue weighted by Crippen LogP contribution is -1.99. The standard InChI is InChI=1S/C11H9FN2O3S/c1-17-7-3-2-5(4-6(7)12)8-9(10(15)16)14-11(18)13-8/h2-4H,1H3,(H,15,16)(H2,13,14,18). The Kier molecular flexibility index (Phi) is 3.15. The first kappa shape index (κ1) is 12.3. The number of halogens is 1. The molecular formula is C11H9FN2O3S. The SMILES string of the molecule is COc1ccc(-c2[nH]c(=S)[nH]c2C(=O)O)cc1F. The fourth-order valence-electron chi connectivity index (χ4n) is 1.58. The zero-order chi connectivity index (χ0) is 13.3. The minimum Gasteiger partial charge on any atom is -0.494 e. The Morgan fingerprint density at radius 2 is 2.17 bits per heavy atom. The average Bonchev–Trinajstić information content (AvgIpc) is 2.71. The normalized spacial score (nSPS) is 10.3. The zero-order valence-electron chi connectivity index (χ0n) is 9.28. The van der Waals surface area contributed by atoms with E-state index >= 15 is 0 Å². The number of aromatic nitrogens is 2. The van der Waals surface area contributed by atoms with Crippen LogP contribution in [0.3, 0.4) is 0 Å². The third kappa shape index (κ3) is 2.12. The molecule has 18 heavy (non-hydrogen) atoms. The average molecular weight is 268 g/mol. The summed E-state index contributed by atoms with van der Waals surface area (Å²) in [7, 11) is 1.35. The molecule has 1 heterocycles. The van der Waals surface area contributed by atoms with Crippen molar-refractivity contribution in [3.63, 3.8) is 0 Å². The molecule has 0 spiro atoms. The molecule has 0 bridgehead atoms. The Bertz CT molecular complexity index is 663. The van der Waals surface area contributed by atoms with Gasteiger partial charge in [-0.05, 0) is 30.4 Å². The van der Waals surface area contributed by atoms with Gasteiger partial charge in [-0.1, -0.05) is 0 Å². The maximum Gasteiger partial charge on any atom is 0.354 e. The fourth-order valence-corrected chi connectivity index (χ4v) is 1.79. The quantitative estimate of drug-likeness (QED) is 0.748. The molecule has 0 fully saturated rings. The Hall–Kier alpha value is -2.15. The van der Waals surface area contributed by atoms with Crippen molar-refractivity contribution in [2.24, 2.45) is 0 Å². The third-order valence-corrected chi connectivity index (χ3v) is 2.59. The first-order chi connectivity index (χ1) is 8.52. The number of carbonyl (C=O) groups is 1. The van der Waals surface area contributed by atoms with Gasteiger partial charge >= 0.3 is 5.97 Å². The molecule has 0 aliphatic heterocycles. The van der Waals surface area contributed by atoms with E-state index in [0.29, 0.717) is 5.56 Å². The molecule has 2 rings (SSSR count). The predicted molar refractivity (Wildman–Crippen MR) is 64.9 cm³/mol. The number of aromatic carboxylic acids is 1. The van der Waals surface area contributed by atoms with Crippen molar-refractivity contribution >= 4 is 18.2 Å². The number of aromatic amines is 2. The Labute approximate surface area is 106 Å². The van der Waals surface area contributed by atoms with E-state index in [1.165, 1.54) is 19.2 Å². The molecule has 3 N–H and O–H groups in total. The van der Waals surface area contributed by atoms with Gasteiger partial charge < -0.3 is 19.8 Å². The topological polar surface area (TPSA) is 78.1 Å². The van der Waals surface area contributed by atoms with Crippen molar-refractivity contribution in [3.8, 4) is 17.0 Å². The van der Waals surface area contributed by atoms with Crippen LogP contribution in [-0.2, 0) is 0 Å². The summed E-state index contributed by atoms with van der Waals surface area (Å²) in [6.07, 6.45) is 0. The minimum atomic E-state index is -1.17. The van der Waals surface area contributed by atoms with Crippen molar-refractivity contribution in [2.75, 3.05) is 7.11 Å². The van der Waals surface area contributed by atoms with Gasteiger partial charge in [-0.15, -0.1) is 0 Å². The van der Waals surface area contributed by atoms with Crippen molar-refractivity contribution < 1.29 is 19.0 Å². The summed E-state index contributed by atoms with van der Waals surface area (Å²) >= 11 is 4.83. The first-order valence-corrected chi connectivity index (χ1v) is 5.33. The lowest BCUT2D eigenvalue weighted by molar-refractivity contribution is 0.0692. The fraction of sp³-hybridized carbons (Fsp3) is 0.0909. The van der Waals surface area contributed by atoms with Crippen molar-refractivity contribution in [1.82, 2.24) is 9.97 Å². The monoisotopic (exact) mass is 268 g/mol. The van der Waals surface area contributed by atoms with E-state index in [1.807, 2.05) is 0 Å². The molecule has 0 saturated carbocycles. The van der Waals surface area contributed by atoms with Crippen LogP contribution in [0.4, 0.5) is 4.39 Å². The van der Waals surface area contributed by atoms with Crippen LogP contribution in [-0.4, -0.2) is 28.2 Å². The van der Waals surface area contributed by atoms with Crippen LogP contribution in [0.2, 0.25) is 0 Å². The summed E-state index contributed by atoms with van der Waals surface area (Å²) in [5.41, 5.74) is 0.497. The Morgan fingerprint density at radius 3 is 2.72 bits per heavy atom. The van der Waals surface area contributed by atoms with E-state index in [2.05, 4.69) is 9.97 Å². The summed E-state index contributed by atoms with van der Waals surface area (Å²) in [5, 5.41) is 8.99. The highest BCUT2D eigenvalue weighted by Crippen LogP contribution is 2.26. The number of carboxylic acids is 1. The summed E-state index contributed by atoms with van der Waals surface area (Å²) < 4.78 is 18.5.